The Morgan fingerprint density at radius 3 is 2.03 bits per heavy atom. The van der Waals surface area contributed by atoms with E-state index in [0.717, 1.165) is 6.42 Å². The summed E-state index contributed by atoms with van der Waals surface area (Å²) in [5.74, 6) is -0.684. The molecule has 1 N–H and O–H groups in total. The van der Waals surface area contributed by atoms with E-state index >= 15 is 0 Å². The Kier molecular flexibility index (Phi) is 12.4. The lowest BCUT2D eigenvalue weighted by molar-refractivity contribution is -0.149. The van der Waals surface area contributed by atoms with Gasteiger partial charge in [0, 0.05) is 34.5 Å². The van der Waals surface area contributed by atoms with Crippen LogP contribution in [0.3, 0.4) is 0 Å². The molecule has 3 saturated carbocycles. The Labute approximate surface area is 233 Å². The summed E-state index contributed by atoms with van der Waals surface area (Å²) in [7, 11) is 2.50. The number of amides is 1. The molecule has 1 amide bonds. The molecule has 39 heavy (non-hydrogen) atoms. The molecule has 0 radical (unpaired) electrons. The quantitative estimate of drug-likeness (QED) is 0.347. The van der Waals surface area contributed by atoms with Gasteiger partial charge in [0.15, 0.2) is 0 Å². The van der Waals surface area contributed by atoms with Crippen LogP contribution in [0, 0.1) is 5.92 Å². The number of hydrogen-bond donors (Lipinski definition) is 1. The van der Waals surface area contributed by atoms with Crippen LogP contribution in [-0.2, 0) is 43.3 Å². The van der Waals surface area contributed by atoms with E-state index in [1.165, 1.54) is 4.31 Å². The average molecular weight is 577 g/mol. The Bertz CT molecular complexity index is 894. The van der Waals surface area contributed by atoms with Gasteiger partial charge in [0.05, 0.1) is 54.8 Å². The highest BCUT2D eigenvalue weighted by atomic mass is 32.2. The minimum atomic E-state index is -3.90. The number of nitrogens with zero attached hydrogens (tertiary/aromatic N) is 1. The second-order valence-electron chi connectivity index (χ2n) is 11.0. The second kappa shape index (κ2) is 15.1. The minimum Gasteiger partial charge on any atom is -0.466 e. The number of esters is 1. The van der Waals surface area contributed by atoms with Gasteiger partial charge in [-0.3, -0.25) is 9.59 Å². The Morgan fingerprint density at radius 2 is 1.44 bits per heavy atom. The largest absolute Gasteiger partial charge is 0.466 e. The standard InChI is InChI=1S/C27H48N2O9S/c1-6-38-27(31)18-7-9-19(10-8-18)28-26(30)17-29(22-15-20(34-2)11-13-23(22)35-3)39(32,33)21-12-14-24(36-4)25(16-21)37-5/h18-25H,6-17H2,1-5H3,(H,28,30). The number of methoxy groups -OCH3 is 4. The molecule has 6 atom stereocenters. The molecule has 0 aliphatic heterocycles. The third-order valence-electron chi connectivity index (χ3n) is 8.76. The topological polar surface area (TPSA) is 130 Å². The smallest absolute Gasteiger partial charge is 0.308 e. The lowest BCUT2D eigenvalue weighted by atomic mass is 9.86. The molecule has 226 valence electrons. The highest BCUT2D eigenvalue weighted by molar-refractivity contribution is 7.89. The molecule has 0 aromatic heterocycles. The summed E-state index contributed by atoms with van der Waals surface area (Å²) in [5, 5.41) is 2.34. The van der Waals surface area contributed by atoms with Crippen LogP contribution in [0.15, 0.2) is 0 Å². The maximum absolute atomic E-state index is 14.2. The number of nitrogens with one attached hydrogen (secondary N) is 1. The van der Waals surface area contributed by atoms with Crippen LogP contribution in [0.2, 0.25) is 0 Å². The van der Waals surface area contributed by atoms with Crippen LogP contribution >= 0.6 is 0 Å². The van der Waals surface area contributed by atoms with E-state index in [1.54, 1.807) is 35.4 Å². The second-order valence-corrected chi connectivity index (χ2v) is 13.1. The fraction of sp³-hybridized carbons (Fsp3) is 0.926. The van der Waals surface area contributed by atoms with Gasteiger partial charge in [-0.25, -0.2) is 8.42 Å². The molecule has 0 aromatic carbocycles. The lowest BCUT2D eigenvalue weighted by Gasteiger charge is -2.43. The SMILES string of the molecule is CCOC(=O)C1CCC(NC(=O)CN(C2CC(OC)CCC2OC)S(=O)(=O)C2CCC(OC)C(OC)C2)CC1. The number of rotatable bonds is 12. The highest BCUT2D eigenvalue weighted by Gasteiger charge is 2.46. The van der Waals surface area contributed by atoms with E-state index in [4.69, 9.17) is 23.7 Å². The van der Waals surface area contributed by atoms with Crippen LogP contribution in [0.5, 0.6) is 0 Å². The summed E-state index contributed by atoms with van der Waals surface area (Å²) in [6.07, 6.45) is 4.74. The van der Waals surface area contributed by atoms with Crippen molar-refractivity contribution >= 4 is 21.9 Å². The Morgan fingerprint density at radius 1 is 0.795 bits per heavy atom. The first-order valence-electron chi connectivity index (χ1n) is 14.3. The molecule has 3 fully saturated rings. The van der Waals surface area contributed by atoms with E-state index in [-0.39, 0.29) is 54.8 Å². The molecule has 6 unspecified atom stereocenters. The summed E-state index contributed by atoms with van der Waals surface area (Å²) in [5.41, 5.74) is 0. The Hall–Kier alpha value is -1.31. The number of carbonyl (C=O) groups is 2. The van der Waals surface area contributed by atoms with Gasteiger partial charge in [-0.1, -0.05) is 0 Å². The summed E-state index contributed by atoms with van der Waals surface area (Å²) in [6.45, 7) is 1.85. The fourth-order valence-electron chi connectivity index (χ4n) is 6.46. The van der Waals surface area contributed by atoms with Crippen molar-refractivity contribution in [3.05, 3.63) is 0 Å². The molecule has 12 heteroatoms. The van der Waals surface area contributed by atoms with E-state index in [0.29, 0.717) is 64.4 Å². The molecular weight excluding hydrogens is 528 g/mol. The zero-order valence-electron chi connectivity index (χ0n) is 24.1. The molecule has 0 saturated heterocycles. The lowest BCUT2D eigenvalue weighted by Crippen LogP contribution is -2.58. The third-order valence-corrected chi connectivity index (χ3v) is 11.1. The number of sulfonamides is 1. The number of hydrogen-bond acceptors (Lipinski definition) is 9. The molecule has 0 heterocycles. The van der Waals surface area contributed by atoms with Crippen molar-refractivity contribution in [1.29, 1.82) is 0 Å². The van der Waals surface area contributed by atoms with Crippen LogP contribution in [0.25, 0.3) is 0 Å². The van der Waals surface area contributed by atoms with Crippen LogP contribution in [0.4, 0.5) is 0 Å². The summed E-state index contributed by atoms with van der Waals surface area (Å²) >= 11 is 0. The maximum atomic E-state index is 14.2. The Balaban J connectivity index is 1.76. The van der Waals surface area contributed by atoms with Gasteiger partial charge in [-0.05, 0) is 71.1 Å². The van der Waals surface area contributed by atoms with Crippen LogP contribution in [0.1, 0.15) is 71.1 Å². The van der Waals surface area contributed by atoms with Crippen molar-refractivity contribution in [2.75, 3.05) is 41.6 Å². The van der Waals surface area contributed by atoms with Gasteiger partial charge in [-0.15, -0.1) is 0 Å². The van der Waals surface area contributed by atoms with Crippen molar-refractivity contribution in [1.82, 2.24) is 9.62 Å². The van der Waals surface area contributed by atoms with E-state index in [9.17, 15) is 18.0 Å². The summed E-state index contributed by atoms with van der Waals surface area (Å²) in [6, 6.07) is -0.635. The predicted molar refractivity (Wildman–Crippen MR) is 145 cm³/mol. The average Bonchev–Trinajstić information content (AvgIpc) is 2.95. The molecule has 3 rings (SSSR count). The van der Waals surface area contributed by atoms with Crippen molar-refractivity contribution in [2.24, 2.45) is 5.92 Å². The van der Waals surface area contributed by atoms with Crippen molar-refractivity contribution < 1.29 is 41.7 Å². The maximum Gasteiger partial charge on any atom is 0.308 e. The van der Waals surface area contributed by atoms with Gasteiger partial charge in [0.1, 0.15) is 0 Å². The van der Waals surface area contributed by atoms with Crippen molar-refractivity contribution in [2.45, 2.75) is 113 Å². The normalized spacial score (nSPS) is 34.0. The van der Waals surface area contributed by atoms with Gasteiger partial charge in [-0.2, -0.15) is 4.31 Å². The van der Waals surface area contributed by atoms with Crippen LogP contribution < -0.4 is 5.32 Å². The van der Waals surface area contributed by atoms with Gasteiger partial charge >= 0.3 is 5.97 Å². The van der Waals surface area contributed by atoms with Gasteiger partial charge < -0.3 is 29.0 Å². The van der Waals surface area contributed by atoms with Gasteiger partial charge in [0.25, 0.3) is 0 Å². The third kappa shape index (κ3) is 8.13. The summed E-state index contributed by atoms with van der Waals surface area (Å²) in [4.78, 5) is 25.4. The molecule has 0 spiro atoms. The predicted octanol–water partition coefficient (Wildman–Crippen LogP) is 2.02. The molecular formula is C27H48N2O9S. The van der Waals surface area contributed by atoms with Gasteiger partial charge in [0.2, 0.25) is 15.9 Å². The first-order chi connectivity index (χ1) is 18.7. The van der Waals surface area contributed by atoms with Crippen molar-refractivity contribution in [3.8, 4) is 0 Å². The molecule has 3 aliphatic carbocycles. The highest BCUT2D eigenvalue weighted by Crippen LogP contribution is 2.35. The zero-order valence-corrected chi connectivity index (χ0v) is 25.0. The zero-order chi connectivity index (χ0) is 28.6. The van der Waals surface area contributed by atoms with Crippen molar-refractivity contribution in [3.63, 3.8) is 0 Å². The first-order valence-corrected chi connectivity index (χ1v) is 15.8. The number of carbonyl (C=O) groups excluding carboxylic acids is 2. The monoisotopic (exact) mass is 576 g/mol. The molecule has 11 nitrogen and oxygen atoms in total. The summed E-state index contributed by atoms with van der Waals surface area (Å²) < 4.78 is 57.4. The fourth-order valence-corrected chi connectivity index (χ4v) is 8.61. The van der Waals surface area contributed by atoms with E-state index in [2.05, 4.69) is 5.32 Å². The molecule has 0 bridgehead atoms. The molecule has 0 aromatic rings. The minimum absolute atomic E-state index is 0.112. The molecule has 3 aliphatic rings. The number of ether oxygens (including phenoxy) is 5. The first kappa shape index (κ1) is 32.2. The van der Waals surface area contributed by atoms with E-state index in [1.807, 2.05) is 0 Å². The van der Waals surface area contributed by atoms with E-state index < -0.39 is 21.3 Å². The van der Waals surface area contributed by atoms with Crippen LogP contribution in [-0.4, -0.2) is 108 Å².